The number of carbonyl (C=O) groups is 1. The van der Waals surface area contributed by atoms with Gasteiger partial charge in [0.2, 0.25) is 0 Å². The average Bonchev–Trinajstić information content (AvgIpc) is 2.41. The molecule has 0 fully saturated rings. The molecule has 0 spiro atoms. The van der Waals surface area contributed by atoms with E-state index >= 15 is 0 Å². The first kappa shape index (κ1) is 12.7. The van der Waals surface area contributed by atoms with E-state index in [1.807, 2.05) is 60.7 Å². The number of hydrogen-bond acceptors (Lipinski definition) is 1. The van der Waals surface area contributed by atoms with Crippen LogP contribution in [0.4, 0.5) is 0 Å². The molecule has 1 heteroatoms. The molecule has 1 nitrogen and oxygen atoms in total. The summed E-state index contributed by atoms with van der Waals surface area (Å²) in [5.74, 6) is 2.33. The Labute approximate surface area is 102 Å². The van der Waals surface area contributed by atoms with Crippen molar-refractivity contribution >= 4 is 5.78 Å². The van der Waals surface area contributed by atoms with Gasteiger partial charge in [0.25, 0.3) is 0 Å². The van der Waals surface area contributed by atoms with Crippen molar-refractivity contribution in [1.82, 2.24) is 0 Å². The van der Waals surface area contributed by atoms with Crippen molar-refractivity contribution in [2.45, 2.75) is 6.92 Å². The molecule has 2 aromatic carbocycles. The van der Waals surface area contributed by atoms with Crippen LogP contribution in [0.2, 0.25) is 0 Å². The SMILES string of the molecule is C#CC.O=C(c1ccccc1)c1ccccc1. The van der Waals surface area contributed by atoms with Crippen LogP contribution in [0.25, 0.3) is 0 Å². The van der Waals surface area contributed by atoms with E-state index in [9.17, 15) is 4.79 Å². The zero-order valence-electron chi connectivity index (χ0n) is 9.76. The fourth-order valence-electron chi connectivity index (χ4n) is 1.35. The molecule has 17 heavy (non-hydrogen) atoms. The zero-order chi connectivity index (χ0) is 12.5. The Hall–Kier alpha value is -2.33. The van der Waals surface area contributed by atoms with Crippen molar-refractivity contribution in [3.05, 3.63) is 71.8 Å². The van der Waals surface area contributed by atoms with Gasteiger partial charge in [0, 0.05) is 11.1 Å². The Morgan fingerprint density at radius 3 is 1.47 bits per heavy atom. The number of benzene rings is 2. The molecule has 0 atom stereocenters. The van der Waals surface area contributed by atoms with Gasteiger partial charge in [-0.1, -0.05) is 60.7 Å². The van der Waals surface area contributed by atoms with E-state index < -0.39 is 0 Å². The highest BCUT2D eigenvalue weighted by molar-refractivity contribution is 6.08. The van der Waals surface area contributed by atoms with Crippen LogP contribution in [0.3, 0.4) is 0 Å². The van der Waals surface area contributed by atoms with Crippen molar-refractivity contribution in [3.8, 4) is 12.3 Å². The van der Waals surface area contributed by atoms with Gasteiger partial charge in [-0.3, -0.25) is 4.79 Å². The maximum Gasteiger partial charge on any atom is 0.193 e. The molecule has 0 saturated carbocycles. The predicted molar refractivity (Wildman–Crippen MR) is 70.8 cm³/mol. The van der Waals surface area contributed by atoms with Gasteiger partial charge in [0.05, 0.1) is 0 Å². The summed E-state index contributed by atoms with van der Waals surface area (Å²) in [5, 5.41) is 0. The maximum absolute atomic E-state index is 11.8. The highest BCUT2D eigenvalue weighted by Crippen LogP contribution is 2.08. The van der Waals surface area contributed by atoms with E-state index in [1.165, 1.54) is 0 Å². The summed E-state index contributed by atoms with van der Waals surface area (Å²) in [6.07, 6.45) is 4.60. The molecule has 0 saturated heterocycles. The third kappa shape index (κ3) is 3.96. The van der Waals surface area contributed by atoms with Crippen LogP contribution in [-0.2, 0) is 0 Å². The molecule has 0 aromatic heterocycles. The first-order chi connectivity index (χ1) is 8.29. The Morgan fingerprint density at radius 1 is 0.882 bits per heavy atom. The second-order valence-electron chi connectivity index (χ2n) is 3.35. The van der Waals surface area contributed by atoms with Crippen molar-refractivity contribution in [3.63, 3.8) is 0 Å². The summed E-state index contributed by atoms with van der Waals surface area (Å²) in [5.41, 5.74) is 1.47. The number of rotatable bonds is 2. The molecule has 0 bridgehead atoms. The zero-order valence-corrected chi connectivity index (χ0v) is 9.76. The van der Waals surface area contributed by atoms with Gasteiger partial charge in [0.15, 0.2) is 5.78 Å². The van der Waals surface area contributed by atoms with Gasteiger partial charge in [-0.2, -0.15) is 0 Å². The lowest BCUT2D eigenvalue weighted by Gasteiger charge is -1.99. The lowest BCUT2D eigenvalue weighted by Crippen LogP contribution is -1.99. The van der Waals surface area contributed by atoms with Crippen LogP contribution >= 0.6 is 0 Å². The van der Waals surface area contributed by atoms with Crippen molar-refractivity contribution in [2.75, 3.05) is 0 Å². The van der Waals surface area contributed by atoms with Crippen LogP contribution in [0.15, 0.2) is 60.7 Å². The van der Waals surface area contributed by atoms with Gasteiger partial charge in [0.1, 0.15) is 0 Å². The summed E-state index contributed by atoms with van der Waals surface area (Å²) >= 11 is 0. The first-order valence-corrected chi connectivity index (χ1v) is 5.31. The number of carbonyl (C=O) groups excluding carboxylic acids is 1. The van der Waals surface area contributed by atoms with E-state index in [0.717, 1.165) is 11.1 Å². The van der Waals surface area contributed by atoms with Gasteiger partial charge in [-0.25, -0.2) is 0 Å². The molecule has 0 unspecified atom stereocenters. The smallest absolute Gasteiger partial charge is 0.193 e. The highest BCUT2D eigenvalue weighted by atomic mass is 16.1. The summed E-state index contributed by atoms with van der Waals surface area (Å²) in [4.78, 5) is 11.8. The van der Waals surface area contributed by atoms with Crippen LogP contribution in [0.5, 0.6) is 0 Å². The lowest BCUT2D eigenvalue weighted by molar-refractivity contribution is 0.103. The molecule has 2 rings (SSSR count). The van der Waals surface area contributed by atoms with Gasteiger partial charge in [-0.15, -0.1) is 12.3 Å². The Morgan fingerprint density at radius 2 is 1.18 bits per heavy atom. The average molecular weight is 222 g/mol. The largest absolute Gasteiger partial charge is 0.289 e. The topological polar surface area (TPSA) is 17.1 Å². The molecular weight excluding hydrogens is 208 g/mol. The van der Waals surface area contributed by atoms with Crippen molar-refractivity contribution in [1.29, 1.82) is 0 Å². The normalized spacial score (nSPS) is 8.47. The van der Waals surface area contributed by atoms with E-state index in [0.29, 0.717) is 0 Å². The quantitative estimate of drug-likeness (QED) is 0.561. The Kier molecular flexibility index (Phi) is 5.27. The predicted octanol–water partition coefficient (Wildman–Crippen LogP) is 3.56. The molecule has 0 aliphatic carbocycles. The van der Waals surface area contributed by atoms with Gasteiger partial charge < -0.3 is 0 Å². The molecule has 0 amide bonds. The van der Waals surface area contributed by atoms with Crippen LogP contribution in [-0.4, -0.2) is 5.78 Å². The van der Waals surface area contributed by atoms with E-state index in [2.05, 4.69) is 12.3 Å². The van der Waals surface area contributed by atoms with E-state index in [1.54, 1.807) is 6.92 Å². The fraction of sp³-hybridized carbons (Fsp3) is 0.0625. The lowest BCUT2D eigenvalue weighted by atomic mass is 10.0. The molecule has 0 radical (unpaired) electrons. The summed E-state index contributed by atoms with van der Waals surface area (Å²) in [7, 11) is 0. The van der Waals surface area contributed by atoms with Gasteiger partial charge in [-0.05, 0) is 6.92 Å². The molecule has 0 N–H and O–H groups in total. The molecule has 0 aliphatic rings. The van der Waals surface area contributed by atoms with E-state index in [4.69, 9.17) is 0 Å². The summed E-state index contributed by atoms with van der Waals surface area (Å²) in [6.45, 7) is 1.65. The second kappa shape index (κ2) is 7.03. The number of terminal acetylenes is 1. The number of ketones is 1. The van der Waals surface area contributed by atoms with Crippen molar-refractivity contribution < 1.29 is 4.79 Å². The molecular formula is C16H14O. The first-order valence-electron chi connectivity index (χ1n) is 5.31. The minimum Gasteiger partial charge on any atom is -0.289 e. The molecule has 84 valence electrons. The van der Waals surface area contributed by atoms with Gasteiger partial charge >= 0.3 is 0 Å². The molecule has 0 heterocycles. The third-order valence-corrected chi connectivity index (χ3v) is 2.07. The molecule has 0 aliphatic heterocycles. The Balaban J connectivity index is 0.000000437. The van der Waals surface area contributed by atoms with Crippen LogP contribution in [0, 0.1) is 12.3 Å². The minimum atomic E-state index is 0.0752. The van der Waals surface area contributed by atoms with Crippen LogP contribution in [0.1, 0.15) is 22.8 Å². The standard InChI is InChI=1S/C13H10O.C3H4/c14-13(11-7-3-1-4-8-11)12-9-5-2-6-10-12;1-3-2/h1-10H;1H,2H3. The summed E-state index contributed by atoms with van der Waals surface area (Å²) in [6, 6.07) is 18.6. The van der Waals surface area contributed by atoms with Crippen molar-refractivity contribution in [2.24, 2.45) is 0 Å². The number of hydrogen-bond donors (Lipinski definition) is 0. The maximum atomic E-state index is 11.8. The third-order valence-electron chi connectivity index (χ3n) is 2.07. The molecule has 2 aromatic rings. The van der Waals surface area contributed by atoms with E-state index in [-0.39, 0.29) is 5.78 Å². The monoisotopic (exact) mass is 222 g/mol. The van der Waals surface area contributed by atoms with Crippen LogP contribution < -0.4 is 0 Å². The summed E-state index contributed by atoms with van der Waals surface area (Å²) < 4.78 is 0. The fourth-order valence-corrected chi connectivity index (χ4v) is 1.35. The minimum absolute atomic E-state index is 0.0752. The Bertz CT molecular complexity index is 451. The highest BCUT2D eigenvalue weighted by Gasteiger charge is 2.06. The second-order valence-corrected chi connectivity index (χ2v) is 3.35.